The zero-order chi connectivity index (χ0) is 12.3. The van der Waals surface area contributed by atoms with Crippen LogP contribution in [0.3, 0.4) is 0 Å². The third kappa shape index (κ3) is 3.46. The van der Waals surface area contributed by atoms with E-state index in [1.807, 2.05) is 0 Å². The van der Waals surface area contributed by atoms with E-state index in [0.29, 0.717) is 0 Å². The van der Waals surface area contributed by atoms with Crippen molar-refractivity contribution in [3.8, 4) is 0 Å². The van der Waals surface area contributed by atoms with E-state index >= 15 is 0 Å². The second-order valence-corrected chi connectivity index (χ2v) is 5.92. The number of aryl methyl sites for hydroxylation is 1. The van der Waals surface area contributed by atoms with Crippen LogP contribution in [-0.4, -0.2) is 26.7 Å². The molecular formula is C14H21BrN2. The van der Waals surface area contributed by atoms with Gasteiger partial charge in [-0.05, 0) is 56.5 Å². The van der Waals surface area contributed by atoms with E-state index in [9.17, 15) is 0 Å². The Bertz CT molecular complexity index is 372. The second-order valence-electron chi connectivity index (χ2n) is 5.00. The molecule has 1 aromatic rings. The molecule has 17 heavy (non-hydrogen) atoms. The van der Waals surface area contributed by atoms with Crippen molar-refractivity contribution >= 4 is 21.6 Å². The molecule has 1 unspecified atom stereocenters. The van der Waals surface area contributed by atoms with Crippen LogP contribution in [0.4, 0.5) is 5.69 Å². The van der Waals surface area contributed by atoms with E-state index in [-0.39, 0.29) is 0 Å². The summed E-state index contributed by atoms with van der Waals surface area (Å²) in [6, 6.07) is 6.49. The maximum Gasteiger partial charge on any atom is 0.0404 e. The minimum absolute atomic E-state index is 0.866. The Hall–Kier alpha value is -0.540. The monoisotopic (exact) mass is 296 g/mol. The van der Waals surface area contributed by atoms with E-state index in [2.05, 4.69) is 58.3 Å². The van der Waals surface area contributed by atoms with Crippen LogP contribution < -0.4 is 10.2 Å². The molecule has 0 saturated carbocycles. The van der Waals surface area contributed by atoms with E-state index in [1.54, 1.807) is 0 Å². The van der Waals surface area contributed by atoms with Gasteiger partial charge in [0.2, 0.25) is 0 Å². The number of halogens is 1. The Kier molecular flexibility index (Phi) is 4.46. The average molecular weight is 297 g/mol. The Morgan fingerprint density at radius 3 is 3.00 bits per heavy atom. The van der Waals surface area contributed by atoms with Gasteiger partial charge in [0.05, 0.1) is 0 Å². The van der Waals surface area contributed by atoms with Gasteiger partial charge in [0.1, 0.15) is 0 Å². The predicted molar refractivity (Wildman–Crippen MR) is 77.7 cm³/mol. The Balaban J connectivity index is 1.93. The number of nitrogens with zero attached hydrogens (tertiary/aromatic N) is 1. The minimum atomic E-state index is 0.866. The molecular weight excluding hydrogens is 276 g/mol. The Morgan fingerprint density at radius 2 is 2.29 bits per heavy atom. The summed E-state index contributed by atoms with van der Waals surface area (Å²) < 4.78 is 1.16. The van der Waals surface area contributed by atoms with Gasteiger partial charge in [0.25, 0.3) is 0 Å². The summed E-state index contributed by atoms with van der Waals surface area (Å²) in [6.07, 6.45) is 2.63. The van der Waals surface area contributed by atoms with Crippen LogP contribution in [0.15, 0.2) is 22.7 Å². The molecule has 2 nitrogen and oxygen atoms in total. The molecule has 0 radical (unpaired) electrons. The molecule has 1 aliphatic heterocycles. The molecule has 3 heteroatoms. The van der Waals surface area contributed by atoms with Crippen LogP contribution in [-0.2, 0) is 0 Å². The highest BCUT2D eigenvalue weighted by Crippen LogP contribution is 2.24. The van der Waals surface area contributed by atoms with Gasteiger partial charge in [0.15, 0.2) is 0 Å². The van der Waals surface area contributed by atoms with Crippen LogP contribution >= 0.6 is 15.9 Å². The lowest BCUT2D eigenvalue weighted by atomic mass is 10.0. The van der Waals surface area contributed by atoms with Crippen LogP contribution in [0, 0.1) is 12.8 Å². The van der Waals surface area contributed by atoms with Gasteiger partial charge in [-0.1, -0.05) is 22.0 Å². The molecule has 0 bridgehead atoms. The predicted octanol–water partition coefficient (Wildman–Crippen LogP) is 3.19. The third-order valence-corrected chi connectivity index (χ3v) is 4.11. The van der Waals surface area contributed by atoms with E-state index in [0.717, 1.165) is 16.9 Å². The Labute approximate surface area is 113 Å². The number of hydrogen-bond donors (Lipinski definition) is 1. The van der Waals surface area contributed by atoms with Gasteiger partial charge >= 0.3 is 0 Å². The highest BCUT2D eigenvalue weighted by Gasteiger charge is 2.15. The molecule has 1 saturated heterocycles. The summed E-state index contributed by atoms with van der Waals surface area (Å²) in [5, 5.41) is 3.43. The molecule has 1 atom stereocenters. The molecule has 94 valence electrons. The van der Waals surface area contributed by atoms with Crippen molar-refractivity contribution in [2.45, 2.75) is 19.8 Å². The summed E-state index contributed by atoms with van der Waals surface area (Å²) in [5.41, 5.74) is 2.69. The van der Waals surface area contributed by atoms with Gasteiger partial charge in [0, 0.05) is 23.8 Å². The van der Waals surface area contributed by atoms with Crippen molar-refractivity contribution in [3.05, 3.63) is 28.2 Å². The first-order valence-electron chi connectivity index (χ1n) is 6.35. The number of benzene rings is 1. The normalized spacial score (nSPS) is 19.6. The summed E-state index contributed by atoms with van der Waals surface area (Å²) in [5.74, 6) is 0.866. The quantitative estimate of drug-likeness (QED) is 0.918. The molecule has 2 rings (SSSR count). The smallest absolute Gasteiger partial charge is 0.0404 e. The van der Waals surface area contributed by atoms with Crippen molar-refractivity contribution in [1.82, 2.24) is 5.32 Å². The first-order valence-corrected chi connectivity index (χ1v) is 7.14. The van der Waals surface area contributed by atoms with Crippen LogP contribution in [0.2, 0.25) is 0 Å². The lowest BCUT2D eigenvalue weighted by molar-refractivity contribution is 0.533. The first kappa shape index (κ1) is 12.9. The van der Waals surface area contributed by atoms with Crippen LogP contribution in [0.25, 0.3) is 0 Å². The molecule has 1 aliphatic rings. The Morgan fingerprint density at radius 1 is 1.47 bits per heavy atom. The van der Waals surface area contributed by atoms with Crippen LogP contribution in [0.1, 0.15) is 18.4 Å². The standard InChI is InChI=1S/C14H21BrN2/c1-11-3-4-13(15)9-14(11)17(2)8-6-12-5-7-16-10-12/h3-4,9,12,16H,5-8,10H2,1-2H3. The molecule has 1 heterocycles. The summed E-state index contributed by atoms with van der Waals surface area (Å²) >= 11 is 3.55. The highest BCUT2D eigenvalue weighted by atomic mass is 79.9. The maximum absolute atomic E-state index is 3.55. The SMILES string of the molecule is Cc1ccc(Br)cc1N(C)CCC1CCNC1. The lowest BCUT2D eigenvalue weighted by Gasteiger charge is -2.23. The maximum atomic E-state index is 3.55. The van der Waals surface area contributed by atoms with Crippen LogP contribution in [0.5, 0.6) is 0 Å². The third-order valence-electron chi connectivity index (χ3n) is 3.62. The summed E-state index contributed by atoms with van der Waals surface area (Å²) in [6.45, 7) is 5.72. The minimum Gasteiger partial charge on any atom is -0.374 e. The molecule has 0 aliphatic carbocycles. The lowest BCUT2D eigenvalue weighted by Crippen LogP contribution is -2.22. The average Bonchev–Trinajstić information content (AvgIpc) is 2.82. The van der Waals surface area contributed by atoms with Gasteiger partial charge in [-0.3, -0.25) is 0 Å². The molecule has 1 N–H and O–H groups in total. The largest absolute Gasteiger partial charge is 0.374 e. The number of nitrogens with one attached hydrogen (secondary N) is 1. The fraction of sp³-hybridized carbons (Fsp3) is 0.571. The zero-order valence-electron chi connectivity index (χ0n) is 10.7. The molecule has 1 fully saturated rings. The number of hydrogen-bond acceptors (Lipinski definition) is 2. The second kappa shape index (κ2) is 5.87. The fourth-order valence-corrected chi connectivity index (χ4v) is 2.80. The van der Waals surface area contributed by atoms with Crippen molar-refractivity contribution in [1.29, 1.82) is 0 Å². The highest BCUT2D eigenvalue weighted by molar-refractivity contribution is 9.10. The fourth-order valence-electron chi connectivity index (χ4n) is 2.45. The molecule has 0 aromatic heterocycles. The van der Waals surface area contributed by atoms with Gasteiger partial charge in [-0.15, -0.1) is 0 Å². The van der Waals surface area contributed by atoms with E-state index in [1.165, 1.54) is 37.2 Å². The van der Waals surface area contributed by atoms with Crippen molar-refractivity contribution in [2.24, 2.45) is 5.92 Å². The topological polar surface area (TPSA) is 15.3 Å². The number of rotatable bonds is 4. The zero-order valence-corrected chi connectivity index (χ0v) is 12.3. The van der Waals surface area contributed by atoms with Gasteiger partial charge in [-0.25, -0.2) is 0 Å². The summed E-state index contributed by atoms with van der Waals surface area (Å²) in [7, 11) is 2.19. The van der Waals surface area contributed by atoms with E-state index in [4.69, 9.17) is 0 Å². The van der Waals surface area contributed by atoms with Gasteiger partial charge < -0.3 is 10.2 Å². The van der Waals surface area contributed by atoms with E-state index < -0.39 is 0 Å². The van der Waals surface area contributed by atoms with Crippen molar-refractivity contribution < 1.29 is 0 Å². The van der Waals surface area contributed by atoms with Crippen molar-refractivity contribution in [3.63, 3.8) is 0 Å². The molecule has 0 amide bonds. The van der Waals surface area contributed by atoms with Crippen molar-refractivity contribution in [2.75, 3.05) is 31.6 Å². The first-order chi connectivity index (χ1) is 8.16. The molecule has 1 aromatic carbocycles. The summed E-state index contributed by atoms with van der Waals surface area (Å²) in [4.78, 5) is 2.37. The van der Waals surface area contributed by atoms with Gasteiger partial charge in [-0.2, -0.15) is 0 Å². The molecule has 0 spiro atoms. The number of anilines is 1.